The van der Waals surface area contributed by atoms with Crippen LogP contribution in [0.4, 0.5) is 4.39 Å². The molecule has 4 nitrogen and oxygen atoms in total. The van der Waals surface area contributed by atoms with E-state index in [9.17, 15) is 9.18 Å². The first-order valence-electron chi connectivity index (χ1n) is 7.38. The van der Waals surface area contributed by atoms with Crippen LogP contribution in [0, 0.1) is 5.82 Å². The zero-order valence-electron chi connectivity index (χ0n) is 12.7. The van der Waals surface area contributed by atoms with E-state index in [-0.39, 0.29) is 11.7 Å². The lowest BCUT2D eigenvalue weighted by Crippen LogP contribution is -2.23. The number of nitrogens with zero attached hydrogens (tertiary/aromatic N) is 2. The second-order valence-electron chi connectivity index (χ2n) is 5.36. The molecule has 0 fully saturated rings. The molecular weight excluding hydrogens is 373 g/mol. The van der Waals surface area contributed by atoms with Crippen molar-refractivity contribution in [2.24, 2.45) is 0 Å². The fraction of sp³-hybridized carbons (Fsp3) is 0.111. The van der Waals surface area contributed by atoms with E-state index in [0.29, 0.717) is 16.6 Å². The molecule has 1 N–H and O–H groups in total. The highest BCUT2D eigenvalue weighted by atomic mass is 79.9. The van der Waals surface area contributed by atoms with Gasteiger partial charge >= 0.3 is 0 Å². The summed E-state index contributed by atoms with van der Waals surface area (Å²) in [6, 6.07) is 12.0. The standard InChI is InChI=1S/C18H15BrFN3O/c19-17-9-15(20)4-5-16(17)18(24)22-10-13-2-1-3-14(8-13)11-23-7-6-21-12-23/h1-9,12H,10-11H2,(H,22,24). The molecule has 0 bridgehead atoms. The zero-order chi connectivity index (χ0) is 16.9. The molecule has 0 radical (unpaired) electrons. The number of hydrogen-bond donors (Lipinski definition) is 1. The average Bonchev–Trinajstić information content (AvgIpc) is 3.06. The number of benzene rings is 2. The van der Waals surface area contributed by atoms with Crippen LogP contribution in [0.5, 0.6) is 0 Å². The van der Waals surface area contributed by atoms with Crippen molar-refractivity contribution in [1.82, 2.24) is 14.9 Å². The Hall–Kier alpha value is -2.47. The van der Waals surface area contributed by atoms with Gasteiger partial charge in [0.15, 0.2) is 0 Å². The second kappa shape index (κ2) is 7.40. The minimum absolute atomic E-state index is 0.248. The van der Waals surface area contributed by atoms with E-state index in [2.05, 4.69) is 26.2 Å². The van der Waals surface area contributed by atoms with Crippen molar-refractivity contribution in [2.45, 2.75) is 13.1 Å². The van der Waals surface area contributed by atoms with Crippen LogP contribution in [0.3, 0.4) is 0 Å². The van der Waals surface area contributed by atoms with E-state index in [0.717, 1.165) is 17.7 Å². The van der Waals surface area contributed by atoms with Gasteiger partial charge in [-0.05, 0) is 45.3 Å². The van der Waals surface area contributed by atoms with Gasteiger partial charge in [0.2, 0.25) is 0 Å². The summed E-state index contributed by atoms with van der Waals surface area (Å²) in [5.74, 6) is -0.632. The molecule has 0 saturated carbocycles. The lowest BCUT2D eigenvalue weighted by Gasteiger charge is -2.09. The predicted octanol–water partition coefficient (Wildman–Crippen LogP) is 3.76. The summed E-state index contributed by atoms with van der Waals surface area (Å²) in [6.45, 7) is 1.13. The van der Waals surface area contributed by atoms with Gasteiger partial charge in [-0.3, -0.25) is 4.79 Å². The molecule has 3 rings (SSSR count). The Morgan fingerprint density at radius 2 is 2.04 bits per heavy atom. The third-order valence-electron chi connectivity index (χ3n) is 3.54. The van der Waals surface area contributed by atoms with Gasteiger partial charge in [0.1, 0.15) is 5.82 Å². The van der Waals surface area contributed by atoms with Crippen LogP contribution in [0.2, 0.25) is 0 Å². The van der Waals surface area contributed by atoms with Crippen molar-refractivity contribution >= 4 is 21.8 Å². The van der Waals surface area contributed by atoms with E-state index in [1.165, 1.54) is 18.2 Å². The van der Waals surface area contributed by atoms with Crippen LogP contribution in [0.25, 0.3) is 0 Å². The Bertz CT molecular complexity index is 849. The van der Waals surface area contributed by atoms with E-state index >= 15 is 0 Å². The van der Waals surface area contributed by atoms with Crippen LogP contribution in [-0.2, 0) is 13.1 Å². The first kappa shape index (κ1) is 16.4. The van der Waals surface area contributed by atoms with E-state index in [1.807, 2.05) is 35.0 Å². The van der Waals surface area contributed by atoms with Gasteiger partial charge in [0.05, 0.1) is 11.9 Å². The maximum absolute atomic E-state index is 13.1. The van der Waals surface area contributed by atoms with Gasteiger partial charge < -0.3 is 9.88 Å². The molecule has 0 atom stereocenters. The molecule has 1 aromatic heterocycles. The number of nitrogens with one attached hydrogen (secondary N) is 1. The monoisotopic (exact) mass is 387 g/mol. The summed E-state index contributed by atoms with van der Waals surface area (Å²) >= 11 is 3.21. The van der Waals surface area contributed by atoms with Gasteiger partial charge in [0.25, 0.3) is 5.91 Å². The highest BCUT2D eigenvalue weighted by Crippen LogP contribution is 2.18. The van der Waals surface area contributed by atoms with Crippen molar-refractivity contribution in [3.05, 3.63) is 88.2 Å². The van der Waals surface area contributed by atoms with Gasteiger partial charge in [-0.2, -0.15) is 0 Å². The Morgan fingerprint density at radius 1 is 1.21 bits per heavy atom. The first-order chi connectivity index (χ1) is 11.6. The Morgan fingerprint density at radius 3 is 2.79 bits per heavy atom. The lowest BCUT2D eigenvalue weighted by molar-refractivity contribution is 0.0950. The molecule has 3 aromatic rings. The van der Waals surface area contributed by atoms with Crippen molar-refractivity contribution < 1.29 is 9.18 Å². The second-order valence-corrected chi connectivity index (χ2v) is 6.22. The summed E-state index contributed by atoms with van der Waals surface area (Å²) in [7, 11) is 0. The van der Waals surface area contributed by atoms with E-state index in [1.54, 1.807) is 12.5 Å². The highest BCUT2D eigenvalue weighted by molar-refractivity contribution is 9.10. The van der Waals surface area contributed by atoms with E-state index < -0.39 is 0 Å². The lowest BCUT2D eigenvalue weighted by atomic mass is 10.1. The molecule has 0 saturated heterocycles. The fourth-order valence-electron chi connectivity index (χ4n) is 2.38. The van der Waals surface area contributed by atoms with Crippen LogP contribution in [-0.4, -0.2) is 15.5 Å². The zero-order valence-corrected chi connectivity index (χ0v) is 14.3. The molecule has 24 heavy (non-hydrogen) atoms. The maximum Gasteiger partial charge on any atom is 0.252 e. The van der Waals surface area contributed by atoms with Crippen LogP contribution in [0.15, 0.2) is 65.7 Å². The summed E-state index contributed by atoms with van der Waals surface area (Å²) in [5.41, 5.74) is 2.54. The Balaban J connectivity index is 1.65. The SMILES string of the molecule is O=C(NCc1cccc(Cn2ccnc2)c1)c1ccc(F)cc1Br. The summed E-state index contributed by atoms with van der Waals surface area (Å²) in [4.78, 5) is 16.2. The average molecular weight is 388 g/mol. The Labute approximate surface area is 147 Å². The smallest absolute Gasteiger partial charge is 0.252 e. The summed E-state index contributed by atoms with van der Waals surface area (Å²) < 4.78 is 15.5. The summed E-state index contributed by atoms with van der Waals surface area (Å²) in [5, 5.41) is 2.85. The number of amides is 1. The molecule has 0 unspecified atom stereocenters. The van der Waals surface area contributed by atoms with Crippen molar-refractivity contribution in [3.63, 3.8) is 0 Å². The minimum atomic E-state index is -0.384. The normalized spacial score (nSPS) is 10.6. The molecule has 1 amide bonds. The number of imidazole rings is 1. The minimum Gasteiger partial charge on any atom is -0.348 e. The van der Waals surface area contributed by atoms with Crippen LogP contribution in [0.1, 0.15) is 21.5 Å². The number of carbonyl (C=O) groups excluding carboxylic acids is 1. The topological polar surface area (TPSA) is 46.9 Å². The van der Waals surface area contributed by atoms with E-state index in [4.69, 9.17) is 0 Å². The van der Waals surface area contributed by atoms with Gasteiger partial charge in [-0.1, -0.05) is 24.3 Å². The van der Waals surface area contributed by atoms with Crippen LogP contribution < -0.4 is 5.32 Å². The Kier molecular flexibility index (Phi) is 5.05. The number of carbonyl (C=O) groups is 1. The third kappa shape index (κ3) is 4.08. The molecule has 122 valence electrons. The van der Waals surface area contributed by atoms with Crippen LogP contribution >= 0.6 is 15.9 Å². The molecule has 0 spiro atoms. The van der Waals surface area contributed by atoms with Gasteiger partial charge in [-0.25, -0.2) is 9.37 Å². The van der Waals surface area contributed by atoms with Crippen molar-refractivity contribution in [1.29, 1.82) is 0 Å². The largest absolute Gasteiger partial charge is 0.348 e. The molecule has 6 heteroatoms. The maximum atomic E-state index is 13.1. The third-order valence-corrected chi connectivity index (χ3v) is 4.20. The molecule has 0 aliphatic heterocycles. The summed E-state index contributed by atoms with van der Waals surface area (Å²) in [6.07, 6.45) is 5.41. The molecule has 1 heterocycles. The van der Waals surface area contributed by atoms with Crippen molar-refractivity contribution in [2.75, 3.05) is 0 Å². The fourth-order valence-corrected chi connectivity index (χ4v) is 2.91. The first-order valence-corrected chi connectivity index (χ1v) is 8.18. The van der Waals surface area contributed by atoms with Gasteiger partial charge in [0, 0.05) is 30.0 Å². The predicted molar refractivity (Wildman–Crippen MR) is 93.0 cm³/mol. The van der Waals surface area contributed by atoms with Gasteiger partial charge in [-0.15, -0.1) is 0 Å². The van der Waals surface area contributed by atoms with Crippen molar-refractivity contribution in [3.8, 4) is 0 Å². The number of halogens is 2. The quantitative estimate of drug-likeness (QED) is 0.724. The molecule has 0 aliphatic carbocycles. The molecule has 0 aliphatic rings. The highest BCUT2D eigenvalue weighted by Gasteiger charge is 2.10. The number of aromatic nitrogens is 2. The number of hydrogen-bond acceptors (Lipinski definition) is 2. The molecular formula is C18H15BrFN3O. The number of rotatable bonds is 5. The molecule has 2 aromatic carbocycles.